The van der Waals surface area contributed by atoms with E-state index >= 15 is 0 Å². The van der Waals surface area contributed by atoms with E-state index in [1.165, 1.54) is 11.3 Å². The molecule has 5 nitrogen and oxygen atoms in total. The average Bonchev–Trinajstić information content (AvgIpc) is 3.27. The van der Waals surface area contributed by atoms with Crippen molar-refractivity contribution in [1.29, 1.82) is 0 Å². The molecule has 0 aliphatic rings. The molecule has 24 heavy (non-hydrogen) atoms. The molecule has 0 saturated carbocycles. The van der Waals surface area contributed by atoms with Crippen molar-refractivity contribution in [2.45, 2.75) is 0 Å². The number of benzene rings is 2. The monoisotopic (exact) mass is 351 g/mol. The van der Waals surface area contributed by atoms with Crippen molar-refractivity contribution >= 4 is 38.8 Å². The van der Waals surface area contributed by atoms with Crippen LogP contribution in [0.5, 0.6) is 0 Å². The van der Waals surface area contributed by atoms with Crippen LogP contribution in [0.25, 0.3) is 37.8 Å². The Hall–Kier alpha value is -2.70. The number of fused-ring (bicyclic) bond motifs is 2. The van der Waals surface area contributed by atoms with Gasteiger partial charge in [0.25, 0.3) is 0 Å². The minimum Gasteiger partial charge on any atom is -0.360 e. The fraction of sp³-hybridized carbons (Fsp3) is 0. The predicted molar refractivity (Wildman–Crippen MR) is 96.4 cm³/mol. The lowest BCUT2D eigenvalue weighted by molar-refractivity contribution is 0.971. The Labute approximate surface area is 145 Å². The highest BCUT2D eigenvalue weighted by molar-refractivity contribution is 7.20. The first kappa shape index (κ1) is 13.7. The molecule has 3 heterocycles. The number of hydrogen-bond acceptors (Lipinski definition) is 4. The normalized spacial score (nSPS) is 11.5. The summed E-state index contributed by atoms with van der Waals surface area (Å²) in [4.78, 5) is 4.04. The van der Waals surface area contributed by atoms with E-state index in [2.05, 4.69) is 27.3 Å². The molecule has 0 amide bonds. The third-order valence-corrected chi connectivity index (χ3v) is 5.06. The van der Waals surface area contributed by atoms with Crippen LogP contribution in [0.3, 0.4) is 0 Å². The highest BCUT2D eigenvalue weighted by Crippen LogP contribution is 2.33. The van der Waals surface area contributed by atoms with Crippen molar-refractivity contribution in [3.05, 3.63) is 59.8 Å². The molecule has 0 saturated heterocycles. The second-order valence-corrected chi connectivity index (χ2v) is 6.78. The molecule has 0 unspecified atom stereocenters. The fourth-order valence-electron chi connectivity index (χ4n) is 2.78. The number of para-hydroxylation sites is 1. The van der Waals surface area contributed by atoms with Crippen molar-refractivity contribution < 1.29 is 0 Å². The molecule has 5 rings (SSSR count). The fourth-order valence-corrected chi connectivity index (χ4v) is 3.84. The first-order valence-corrected chi connectivity index (χ1v) is 8.54. The van der Waals surface area contributed by atoms with E-state index in [-0.39, 0.29) is 0 Å². The molecule has 2 aromatic carbocycles. The summed E-state index contributed by atoms with van der Waals surface area (Å²) in [6, 6.07) is 15.7. The van der Waals surface area contributed by atoms with E-state index in [1.807, 2.05) is 42.6 Å². The second-order valence-electron chi connectivity index (χ2n) is 5.38. The molecular weight excluding hydrogens is 342 g/mol. The second kappa shape index (κ2) is 5.15. The molecule has 3 aromatic heterocycles. The van der Waals surface area contributed by atoms with Gasteiger partial charge in [0, 0.05) is 33.2 Å². The quantitative estimate of drug-likeness (QED) is 0.503. The van der Waals surface area contributed by atoms with Crippen molar-refractivity contribution in [2.75, 3.05) is 0 Å². The third-order valence-electron chi connectivity index (χ3n) is 3.89. The number of hydrogen-bond donors (Lipinski definition) is 1. The van der Waals surface area contributed by atoms with Gasteiger partial charge in [0.1, 0.15) is 5.01 Å². The van der Waals surface area contributed by atoms with Crippen LogP contribution in [0.4, 0.5) is 0 Å². The summed E-state index contributed by atoms with van der Waals surface area (Å²) in [7, 11) is 0. The first-order chi connectivity index (χ1) is 11.8. The van der Waals surface area contributed by atoms with Gasteiger partial charge < -0.3 is 4.98 Å². The van der Waals surface area contributed by atoms with Crippen LogP contribution < -0.4 is 0 Å². The van der Waals surface area contributed by atoms with Crippen LogP contribution in [0.15, 0.2) is 54.7 Å². The molecule has 5 aromatic rings. The van der Waals surface area contributed by atoms with Gasteiger partial charge in [0.2, 0.25) is 4.96 Å². The first-order valence-electron chi connectivity index (χ1n) is 7.34. The smallest absolute Gasteiger partial charge is 0.235 e. The van der Waals surface area contributed by atoms with E-state index in [0.29, 0.717) is 10.8 Å². The molecule has 0 bridgehead atoms. The molecule has 0 aliphatic carbocycles. The Morgan fingerprint density at radius 1 is 1.04 bits per heavy atom. The van der Waals surface area contributed by atoms with E-state index in [9.17, 15) is 0 Å². The lowest BCUT2D eigenvalue weighted by Crippen LogP contribution is -1.90. The lowest BCUT2D eigenvalue weighted by Gasteiger charge is -1.97. The number of nitrogens with zero attached hydrogens (tertiary/aromatic N) is 4. The summed E-state index contributed by atoms with van der Waals surface area (Å²) in [5.41, 5.74) is 3.05. The van der Waals surface area contributed by atoms with Gasteiger partial charge in [-0.2, -0.15) is 9.61 Å². The molecule has 0 radical (unpaired) electrons. The molecule has 7 heteroatoms. The topological polar surface area (TPSA) is 58.9 Å². The SMILES string of the molecule is Clc1cccc(-c2nnc3sc(-c4c[nH]c5ccccc45)nn23)c1. The minimum atomic E-state index is 0.663. The van der Waals surface area contributed by atoms with E-state index in [4.69, 9.17) is 16.7 Å². The Bertz CT molecular complexity index is 1190. The number of aromatic nitrogens is 5. The molecule has 0 spiro atoms. The standard InChI is InChI=1S/C17H10ClN5S/c18-11-5-3-4-10(8-11)15-20-21-17-23(15)22-16(24-17)13-9-19-14-7-2-1-6-12(13)14/h1-9,19H. The van der Waals surface area contributed by atoms with Crippen LogP contribution >= 0.6 is 22.9 Å². The summed E-state index contributed by atoms with van der Waals surface area (Å²) in [6.07, 6.45) is 1.98. The maximum absolute atomic E-state index is 6.09. The Morgan fingerprint density at radius 2 is 1.96 bits per heavy atom. The molecule has 0 aliphatic heterocycles. The minimum absolute atomic E-state index is 0.663. The molecule has 0 atom stereocenters. The maximum Gasteiger partial charge on any atom is 0.235 e. The van der Waals surface area contributed by atoms with Gasteiger partial charge in [0.05, 0.1) is 0 Å². The summed E-state index contributed by atoms with van der Waals surface area (Å²) in [5, 5.41) is 15.9. The van der Waals surface area contributed by atoms with Gasteiger partial charge in [-0.1, -0.05) is 53.3 Å². The van der Waals surface area contributed by atoms with Gasteiger partial charge in [-0.25, -0.2) is 0 Å². The van der Waals surface area contributed by atoms with Crippen molar-refractivity contribution in [3.8, 4) is 22.0 Å². The van der Waals surface area contributed by atoms with Gasteiger partial charge in [0.15, 0.2) is 5.82 Å². The maximum atomic E-state index is 6.09. The van der Waals surface area contributed by atoms with Crippen molar-refractivity contribution in [3.63, 3.8) is 0 Å². The van der Waals surface area contributed by atoms with Crippen LogP contribution in [0.1, 0.15) is 0 Å². The zero-order valence-corrected chi connectivity index (χ0v) is 13.8. The number of aromatic amines is 1. The highest BCUT2D eigenvalue weighted by Gasteiger charge is 2.16. The zero-order valence-electron chi connectivity index (χ0n) is 12.3. The van der Waals surface area contributed by atoms with Crippen LogP contribution in [0, 0.1) is 0 Å². The van der Waals surface area contributed by atoms with Gasteiger partial charge in [-0.15, -0.1) is 10.2 Å². The molecule has 0 fully saturated rings. The van der Waals surface area contributed by atoms with E-state index in [1.54, 1.807) is 4.52 Å². The largest absolute Gasteiger partial charge is 0.360 e. The molecule has 1 N–H and O–H groups in total. The summed E-state index contributed by atoms with van der Waals surface area (Å²) < 4.78 is 1.77. The van der Waals surface area contributed by atoms with Crippen LogP contribution in [-0.2, 0) is 0 Å². The Balaban J connectivity index is 1.70. The zero-order chi connectivity index (χ0) is 16.1. The van der Waals surface area contributed by atoms with Gasteiger partial charge in [-0.05, 0) is 18.2 Å². The highest BCUT2D eigenvalue weighted by atomic mass is 35.5. The van der Waals surface area contributed by atoms with Crippen LogP contribution in [0.2, 0.25) is 5.02 Å². The Morgan fingerprint density at radius 3 is 2.88 bits per heavy atom. The number of rotatable bonds is 2. The van der Waals surface area contributed by atoms with E-state index in [0.717, 1.165) is 32.0 Å². The number of nitrogens with one attached hydrogen (secondary N) is 1. The number of halogens is 1. The number of H-pyrrole nitrogens is 1. The molecule has 116 valence electrons. The van der Waals surface area contributed by atoms with Crippen molar-refractivity contribution in [2.24, 2.45) is 0 Å². The summed E-state index contributed by atoms with van der Waals surface area (Å²) >= 11 is 7.60. The van der Waals surface area contributed by atoms with Crippen molar-refractivity contribution in [1.82, 2.24) is 24.8 Å². The molecular formula is C17H10ClN5S. The van der Waals surface area contributed by atoms with Crippen LogP contribution in [-0.4, -0.2) is 24.8 Å². The average molecular weight is 352 g/mol. The lowest BCUT2D eigenvalue weighted by atomic mass is 10.2. The third kappa shape index (κ3) is 2.04. The predicted octanol–water partition coefficient (Wildman–Crippen LogP) is 4.65. The summed E-state index contributed by atoms with van der Waals surface area (Å²) in [5.74, 6) is 0.690. The van der Waals surface area contributed by atoms with E-state index < -0.39 is 0 Å². The summed E-state index contributed by atoms with van der Waals surface area (Å²) in [6.45, 7) is 0. The van der Waals surface area contributed by atoms with Gasteiger partial charge >= 0.3 is 0 Å². The van der Waals surface area contributed by atoms with Gasteiger partial charge in [-0.3, -0.25) is 0 Å². The Kier molecular flexibility index (Phi) is 2.95.